The van der Waals surface area contributed by atoms with E-state index in [1.165, 1.54) is 6.92 Å². The molecular weight excluding hydrogens is 367 g/mol. The second-order valence-corrected chi connectivity index (χ2v) is 6.27. The second-order valence-electron chi connectivity index (χ2n) is 5.19. The minimum Gasteiger partial charge on any atom is -0.351 e. The minimum absolute atomic E-state index is 0. The van der Waals surface area contributed by atoms with E-state index in [9.17, 15) is 18.0 Å². The van der Waals surface area contributed by atoms with Crippen LogP contribution in [-0.2, 0) is 6.18 Å². The molecule has 0 unspecified atom stereocenters. The topological polar surface area (TPSA) is 58.4 Å². The van der Waals surface area contributed by atoms with E-state index in [2.05, 4.69) is 15.0 Å². The van der Waals surface area contributed by atoms with Gasteiger partial charge in [0.2, 0.25) is 5.76 Å². The molecule has 132 valence electrons. The number of thiophene rings is 1. The summed E-state index contributed by atoms with van der Waals surface area (Å²) in [5, 5.41) is 6.68. The summed E-state index contributed by atoms with van der Waals surface area (Å²) < 4.78 is 42.7. The molecular formula is C14H15ClF3N3O2S. The molecule has 0 spiro atoms. The molecule has 0 radical (unpaired) electrons. The lowest BCUT2D eigenvalue weighted by Crippen LogP contribution is -2.46. The van der Waals surface area contributed by atoms with Gasteiger partial charge in [-0.1, -0.05) is 5.16 Å². The van der Waals surface area contributed by atoms with Gasteiger partial charge in [0, 0.05) is 31.7 Å². The lowest BCUT2D eigenvalue weighted by Gasteiger charge is -2.26. The molecule has 2 aromatic rings. The molecule has 0 bridgehead atoms. The Morgan fingerprint density at radius 3 is 2.58 bits per heavy atom. The highest BCUT2D eigenvalue weighted by atomic mass is 35.5. The number of nitrogens with zero attached hydrogens (tertiary/aromatic N) is 2. The number of halogens is 4. The van der Waals surface area contributed by atoms with Gasteiger partial charge in [0.1, 0.15) is 5.69 Å². The van der Waals surface area contributed by atoms with Gasteiger partial charge < -0.3 is 14.7 Å². The molecule has 1 saturated heterocycles. The molecule has 1 aliphatic heterocycles. The Morgan fingerprint density at radius 1 is 1.33 bits per heavy atom. The first-order chi connectivity index (χ1) is 10.9. The number of hydrogen-bond acceptors (Lipinski definition) is 5. The Balaban J connectivity index is 0.00000208. The average Bonchev–Trinajstić information content (AvgIpc) is 3.13. The van der Waals surface area contributed by atoms with Gasteiger partial charge in [-0.25, -0.2) is 0 Å². The maximum Gasteiger partial charge on any atom is 0.452 e. The molecule has 10 heteroatoms. The average molecular weight is 382 g/mol. The fourth-order valence-electron chi connectivity index (χ4n) is 2.43. The number of carbonyl (C=O) groups is 1. The van der Waals surface area contributed by atoms with E-state index < -0.39 is 11.9 Å². The third-order valence-electron chi connectivity index (χ3n) is 3.64. The van der Waals surface area contributed by atoms with Gasteiger partial charge in [-0.15, -0.1) is 23.7 Å². The summed E-state index contributed by atoms with van der Waals surface area (Å²) in [5.41, 5.74) is 0.0576. The molecule has 0 saturated carbocycles. The van der Waals surface area contributed by atoms with Gasteiger partial charge in [0.25, 0.3) is 5.91 Å². The number of amides is 1. The SMILES string of the molecule is Cc1c(-c2ccc(C(=O)N3CCNCC3)s2)noc1C(F)(F)F.Cl. The van der Waals surface area contributed by atoms with Crippen molar-refractivity contribution in [2.24, 2.45) is 0 Å². The molecule has 0 aliphatic carbocycles. The molecule has 2 aromatic heterocycles. The van der Waals surface area contributed by atoms with Crippen LogP contribution in [0, 0.1) is 6.92 Å². The summed E-state index contributed by atoms with van der Waals surface area (Å²) in [7, 11) is 0. The first-order valence-electron chi connectivity index (χ1n) is 7.01. The molecule has 0 atom stereocenters. The van der Waals surface area contributed by atoms with E-state index in [1.807, 2.05) is 0 Å². The quantitative estimate of drug-likeness (QED) is 0.868. The summed E-state index contributed by atoms with van der Waals surface area (Å²) >= 11 is 1.12. The van der Waals surface area contributed by atoms with Crippen molar-refractivity contribution in [3.63, 3.8) is 0 Å². The highest BCUT2D eigenvalue weighted by Gasteiger charge is 2.39. The van der Waals surface area contributed by atoms with Crippen LogP contribution in [0.4, 0.5) is 13.2 Å². The summed E-state index contributed by atoms with van der Waals surface area (Å²) in [5.74, 6) is -1.21. The van der Waals surface area contributed by atoms with Crippen molar-refractivity contribution in [3.8, 4) is 10.6 Å². The highest BCUT2D eigenvalue weighted by Crippen LogP contribution is 2.38. The first kappa shape index (κ1) is 18.8. The smallest absolute Gasteiger partial charge is 0.351 e. The lowest BCUT2D eigenvalue weighted by molar-refractivity contribution is -0.156. The number of carbonyl (C=O) groups excluding carboxylic acids is 1. The fourth-order valence-corrected chi connectivity index (χ4v) is 3.45. The molecule has 1 amide bonds. The summed E-state index contributed by atoms with van der Waals surface area (Å²) in [6, 6.07) is 3.22. The van der Waals surface area contributed by atoms with Crippen molar-refractivity contribution < 1.29 is 22.5 Å². The third kappa shape index (κ3) is 3.57. The molecule has 0 aromatic carbocycles. The molecule has 1 N–H and O–H groups in total. The molecule has 5 nitrogen and oxygen atoms in total. The number of piperazine rings is 1. The van der Waals surface area contributed by atoms with Crippen LogP contribution in [0.15, 0.2) is 16.7 Å². The second kappa shape index (κ2) is 7.12. The summed E-state index contributed by atoms with van der Waals surface area (Å²) in [6.45, 7) is 4.02. The van der Waals surface area contributed by atoms with Crippen LogP contribution >= 0.6 is 23.7 Å². The Kier molecular flexibility index (Phi) is 5.56. The van der Waals surface area contributed by atoms with Gasteiger partial charge in [0.05, 0.1) is 9.75 Å². The standard InChI is InChI=1S/C14H14F3N3O2S.ClH/c1-8-11(19-22-12(8)14(15,16)17)9-2-3-10(23-9)13(21)20-6-4-18-5-7-20;/h2-3,18H,4-7H2,1H3;1H. The van der Waals surface area contributed by atoms with Crippen molar-refractivity contribution in [2.45, 2.75) is 13.1 Å². The van der Waals surface area contributed by atoms with E-state index >= 15 is 0 Å². The summed E-state index contributed by atoms with van der Waals surface area (Å²) in [4.78, 5) is 15.1. The molecule has 1 aliphatic rings. The Morgan fingerprint density at radius 2 is 2.00 bits per heavy atom. The van der Waals surface area contributed by atoms with Gasteiger partial charge in [-0.3, -0.25) is 4.79 Å². The van der Waals surface area contributed by atoms with E-state index in [-0.39, 0.29) is 29.6 Å². The van der Waals surface area contributed by atoms with E-state index in [4.69, 9.17) is 0 Å². The predicted octanol–water partition coefficient (Wildman–Crippen LogP) is 3.20. The van der Waals surface area contributed by atoms with Gasteiger partial charge >= 0.3 is 6.18 Å². The fraction of sp³-hybridized carbons (Fsp3) is 0.429. The van der Waals surface area contributed by atoms with Crippen LogP contribution in [0.25, 0.3) is 10.6 Å². The van der Waals surface area contributed by atoms with E-state index in [0.717, 1.165) is 24.4 Å². The molecule has 24 heavy (non-hydrogen) atoms. The maximum absolute atomic E-state index is 12.8. The number of aromatic nitrogens is 1. The number of nitrogens with one attached hydrogen (secondary N) is 1. The number of alkyl halides is 3. The molecule has 1 fully saturated rings. The number of rotatable bonds is 2. The normalized spacial score (nSPS) is 15.2. The zero-order valence-corrected chi connectivity index (χ0v) is 14.3. The Labute approximate surface area is 146 Å². The third-order valence-corrected chi connectivity index (χ3v) is 4.72. The van der Waals surface area contributed by atoms with Crippen molar-refractivity contribution in [1.82, 2.24) is 15.4 Å². The van der Waals surface area contributed by atoms with E-state index in [0.29, 0.717) is 22.8 Å². The van der Waals surface area contributed by atoms with Crippen LogP contribution in [0.5, 0.6) is 0 Å². The van der Waals surface area contributed by atoms with Crippen LogP contribution < -0.4 is 5.32 Å². The van der Waals surface area contributed by atoms with Crippen molar-refractivity contribution in [2.75, 3.05) is 26.2 Å². The van der Waals surface area contributed by atoms with Crippen LogP contribution in [0.3, 0.4) is 0 Å². The van der Waals surface area contributed by atoms with Crippen LogP contribution in [-0.4, -0.2) is 42.1 Å². The molecule has 3 rings (SSSR count). The van der Waals surface area contributed by atoms with Gasteiger partial charge in [-0.05, 0) is 19.1 Å². The van der Waals surface area contributed by atoms with Crippen LogP contribution in [0.2, 0.25) is 0 Å². The lowest BCUT2D eigenvalue weighted by atomic mass is 10.2. The molecule has 3 heterocycles. The van der Waals surface area contributed by atoms with Crippen molar-refractivity contribution >= 4 is 29.7 Å². The minimum atomic E-state index is -4.58. The van der Waals surface area contributed by atoms with E-state index in [1.54, 1.807) is 17.0 Å². The highest BCUT2D eigenvalue weighted by molar-refractivity contribution is 7.17. The Hall–Kier alpha value is -1.58. The predicted molar refractivity (Wildman–Crippen MR) is 85.6 cm³/mol. The van der Waals surface area contributed by atoms with Crippen molar-refractivity contribution in [1.29, 1.82) is 0 Å². The van der Waals surface area contributed by atoms with Crippen LogP contribution in [0.1, 0.15) is 21.0 Å². The zero-order chi connectivity index (χ0) is 16.6. The maximum atomic E-state index is 12.8. The largest absolute Gasteiger partial charge is 0.452 e. The summed E-state index contributed by atoms with van der Waals surface area (Å²) in [6.07, 6.45) is -4.58. The van der Waals surface area contributed by atoms with Crippen molar-refractivity contribution in [3.05, 3.63) is 28.3 Å². The zero-order valence-electron chi connectivity index (χ0n) is 12.6. The number of hydrogen-bond donors (Lipinski definition) is 1. The van der Waals surface area contributed by atoms with Gasteiger partial charge in [-0.2, -0.15) is 13.2 Å². The first-order valence-corrected chi connectivity index (χ1v) is 7.83. The Bertz CT molecular complexity index is 723. The monoisotopic (exact) mass is 381 g/mol. The van der Waals surface area contributed by atoms with Gasteiger partial charge in [0.15, 0.2) is 0 Å².